The number of carbonyl (C=O) groups excluding carboxylic acids is 1. The molecule has 0 atom stereocenters. The molecule has 2 N–H and O–H groups in total. The third kappa shape index (κ3) is 5.58. The summed E-state index contributed by atoms with van der Waals surface area (Å²) in [6.07, 6.45) is 2.51. The third-order valence-corrected chi connectivity index (χ3v) is 5.31. The van der Waals surface area contributed by atoms with Crippen LogP contribution in [0.3, 0.4) is 0 Å². The minimum Gasteiger partial charge on any atom is -0.492 e. The number of methoxy groups -OCH3 is 3. The molecule has 3 rings (SSSR count). The van der Waals surface area contributed by atoms with E-state index in [1.807, 2.05) is 43.3 Å². The first-order valence-electron chi connectivity index (χ1n) is 10.9. The zero-order valence-electron chi connectivity index (χ0n) is 20.3. The summed E-state index contributed by atoms with van der Waals surface area (Å²) in [6.45, 7) is 2.88. The quantitative estimate of drug-likeness (QED) is 0.484. The van der Waals surface area contributed by atoms with Crippen LogP contribution in [-0.4, -0.2) is 50.7 Å². The highest BCUT2D eigenvalue weighted by molar-refractivity contribution is 5.99. The molecule has 0 radical (unpaired) electrons. The molecule has 8 heteroatoms. The Morgan fingerprint density at radius 3 is 2.21 bits per heavy atom. The highest BCUT2D eigenvalue weighted by Crippen LogP contribution is 2.48. The van der Waals surface area contributed by atoms with Gasteiger partial charge in [-0.2, -0.15) is 0 Å². The molecule has 0 spiro atoms. The molecule has 0 aliphatic rings. The van der Waals surface area contributed by atoms with Crippen molar-refractivity contribution in [3.8, 4) is 28.7 Å². The van der Waals surface area contributed by atoms with Gasteiger partial charge in [0.15, 0.2) is 11.5 Å². The first-order valence-corrected chi connectivity index (χ1v) is 10.9. The summed E-state index contributed by atoms with van der Waals surface area (Å²) in [7, 11) is 6.21. The summed E-state index contributed by atoms with van der Waals surface area (Å²) >= 11 is 0. The summed E-state index contributed by atoms with van der Waals surface area (Å²) in [4.78, 5) is 19.3. The second-order valence-electron chi connectivity index (χ2n) is 7.77. The van der Waals surface area contributed by atoms with Gasteiger partial charge in [0.25, 0.3) is 5.91 Å². The van der Waals surface area contributed by atoms with Crippen molar-refractivity contribution in [2.45, 2.75) is 19.9 Å². The van der Waals surface area contributed by atoms with E-state index in [1.54, 1.807) is 24.2 Å². The van der Waals surface area contributed by atoms with Crippen molar-refractivity contribution in [3.63, 3.8) is 0 Å². The van der Waals surface area contributed by atoms with E-state index in [0.29, 0.717) is 35.9 Å². The molecule has 0 saturated heterocycles. The molecule has 1 heterocycles. The van der Waals surface area contributed by atoms with Gasteiger partial charge in [0, 0.05) is 31.5 Å². The zero-order valence-corrected chi connectivity index (χ0v) is 20.3. The number of nitrogens with two attached hydrogens (primary N) is 1. The van der Waals surface area contributed by atoms with Gasteiger partial charge in [-0.25, -0.2) is 0 Å². The third-order valence-electron chi connectivity index (χ3n) is 5.31. The van der Waals surface area contributed by atoms with Gasteiger partial charge < -0.3 is 29.6 Å². The molecule has 8 nitrogen and oxygen atoms in total. The smallest absolute Gasteiger partial charge is 0.257 e. The van der Waals surface area contributed by atoms with Gasteiger partial charge in [0.05, 0.1) is 26.9 Å². The van der Waals surface area contributed by atoms with Gasteiger partial charge in [0.1, 0.15) is 5.75 Å². The van der Waals surface area contributed by atoms with Crippen LogP contribution in [0.1, 0.15) is 27.2 Å². The monoisotopic (exact) mass is 465 g/mol. The van der Waals surface area contributed by atoms with Crippen LogP contribution in [0, 0.1) is 6.92 Å². The molecule has 0 bridgehead atoms. The van der Waals surface area contributed by atoms with E-state index < -0.39 is 0 Å². The summed E-state index contributed by atoms with van der Waals surface area (Å²) in [6, 6.07) is 13.0. The van der Waals surface area contributed by atoms with Gasteiger partial charge in [-0.15, -0.1) is 0 Å². The van der Waals surface area contributed by atoms with Crippen molar-refractivity contribution in [1.82, 2.24) is 9.88 Å². The second kappa shape index (κ2) is 11.4. The van der Waals surface area contributed by atoms with Gasteiger partial charge in [-0.05, 0) is 55.3 Å². The number of benzene rings is 2. The predicted octanol–water partition coefficient (Wildman–Crippen LogP) is 3.98. The number of aromatic nitrogens is 1. The summed E-state index contributed by atoms with van der Waals surface area (Å²) in [5.41, 5.74) is 8.89. The van der Waals surface area contributed by atoms with Gasteiger partial charge >= 0.3 is 0 Å². The van der Waals surface area contributed by atoms with Crippen LogP contribution in [0.25, 0.3) is 0 Å². The molecule has 0 unspecified atom stereocenters. The number of aryl methyl sites for hydroxylation is 1. The van der Waals surface area contributed by atoms with E-state index in [1.165, 1.54) is 21.3 Å². The molecule has 2 aromatic carbocycles. The minimum absolute atomic E-state index is 0.254. The van der Waals surface area contributed by atoms with Crippen molar-refractivity contribution in [3.05, 3.63) is 71.0 Å². The van der Waals surface area contributed by atoms with Gasteiger partial charge in [-0.3, -0.25) is 9.78 Å². The van der Waals surface area contributed by atoms with Crippen LogP contribution in [0.2, 0.25) is 0 Å². The maximum Gasteiger partial charge on any atom is 0.257 e. The molecule has 0 saturated carbocycles. The number of hydrogen-bond donors (Lipinski definition) is 1. The Hall–Kier alpha value is -3.78. The van der Waals surface area contributed by atoms with Crippen LogP contribution >= 0.6 is 0 Å². The Morgan fingerprint density at radius 2 is 1.62 bits per heavy atom. The zero-order chi connectivity index (χ0) is 24.7. The molecule has 0 aliphatic carbocycles. The van der Waals surface area contributed by atoms with Crippen LogP contribution in [-0.2, 0) is 13.0 Å². The topological polar surface area (TPSA) is 96.1 Å². The Bertz CT molecular complexity index is 1130. The van der Waals surface area contributed by atoms with E-state index in [0.717, 1.165) is 23.2 Å². The van der Waals surface area contributed by atoms with Crippen LogP contribution < -0.4 is 24.7 Å². The molecule has 34 heavy (non-hydrogen) atoms. The number of carbonyl (C=O) groups is 1. The van der Waals surface area contributed by atoms with Gasteiger partial charge in [-0.1, -0.05) is 12.1 Å². The maximum atomic E-state index is 13.5. The fourth-order valence-corrected chi connectivity index (χ4v) is 3.69. The van der Waals surface area contributed by atoms with Crippen molar-refractivity contribution in [2.75, 3.05) is 34.9 Å². The Balaban J connectivity index is 1.99. The maximum absolute atomic E-state index is 13.5. The lowest BCUT2D eigenvalue weighted by Crippen LogP contribution is -2.27. The van der Waals surface area contributed by atoms with Crippen LogP contribution in [0.15, 0.2) is 48.7 Å². The van der Waals surface area contributed by atoms with Gasteiger partial charge in [0.2, 0.25) is 11.5 Å². The highest BCUT2D eigenvalue weighted by atomic mass is 16.5. The summed E-state index contributed by atoms with van der Waals surface area (Å²) in [5.74, 6) is 1.55. The second-order valence-corrected chi connectivity index (χ2v) is 7.77. The van der Waals surface area contributed by atoms with E-state index in [9.17, 15) is 4.79 Å². The Morgan fingerprint density at radius 1 is 0.941 bits per heavy atom. The van der Waals surface area contributed by atoms with Crippen molar-refractivity contribution >= 4 is 5.91 Å². The normalized spacial score (nSPS) is 10.5. The SMILES string of the molecule is COc1c(Oc2ccc(CCN)cc2)cc(C(=O)N(C)Cc2ccnc(C)c2)c(OC)c1OC. The minimum atomic E-state index is -0.254. The number of ether oxygens (including phenoxy) is 4. The molecular weight excluding hydrogens is 434 g/mol. The van der Waals surface area contributed by atoms with Crippen LogP contribution in [0.4, 0.5) is 0 Å². The molecule has 0 aliphatic heterocycles. The largest absolute Gasteiger partial charge is 0.492 e. The lowest BCUT2D eigenvalue weighted by Gasteiger charge is -2.22. The fraction of sp³-hybridized carbons (Fsp3) is 0.308. The highest BCUT2D eigenvalue weighted by Gasteiger charge is 2.27. The number of pyridine rings is 1. The first-order chi connectivity index (χ1) is 16.4. The average molecular weight is 466 g/mol. The Kier molecular flexibility index (Phi) is 8.32. The predicted molar refractivity (Wildman–Crippen MR) is 130 cm³/mol. The van der Waals surface area contributed by atoms with E-state index >= 15 is 0 Å². The van der Waals surface area contributed by atoms with Crippen molar-refractivity contribution in [2.24, 2.45) is 5.73 Å². The molecule has 3 aromatic rings. The molecule has 1 amide bonds. The molecular formula is C26H31N3O5. The number of hydrogen-bond acceptors (Lipinski definition) is 7. The lowest BCUT2D eigenvalue weighted by molar-refractivity contribution is 0.0780. The molecule has 1 aromatic heterocycles. The standard InChI is InChI=1S/C26H31N3O5/c1-17-14-19(11-13-28-17)16-29(2)26(30)21-15-22(24(32-4)25(33-5)23(21)31-3)34-20-8-6-18(7-9-20)10-12-27/h6-9,11,13-15H,10,12,16,27H2,1-5H3. The summed E-state index contributed by atoms with van der Waals surface area (Å²) < 4.78 is 22.8. The lowest BCUT2D eigenvalue weighted by atomic mass is 10.1. The van der Waals surface area contributed by atoms with E-state index in [2.05, 4.69) is 4.98 Å². The van der Waals surface area contributed by atoms with E-state index in [4.69, 9.17) is 24.7 Å². The number of nitrogens with zero attached hydrogens (tertiary/aromatic N) is 2. The number of rotatable bonds is 10. The molecule has 180 valence electrons. The molecule has 0 fully saturated rings. The van der Waals surface area contributed by atoms with Crippen LogP contribution in [0.5, 0.6) is 28.7 Å². The first kappa shape index (κ1) is 24.9. The van der Waals surface area contributed by atoms with Crippen molar-refractivity contribution < 1.29 is 23.7 Å². The fourth-order valence-electron chi connectivity index (χ4n) is 3.69. The summed E-state index contributed by atoms with van der Waals surface area (Å²) in [5, 5.41) is 0. The Labute approximate surface area is 200 Å². The number of amides is 1. The van der Waals surface area contributed by atoms with E-state index in [-0.39, 0.29) is 17.4 Å². The average Bonchev–Trinajstić information content (AvgIpc) is 2.84. The van der Waals surface area contributed by atoms with Crippen molar-refractivity contribution in [1.29, 1.82) is 0 Å².